The lowest BCUT2D eigenvalue weighted by Crippen LogP contribution is -2.20. The second-order valence-electron chi connectivity index (χ2n) is 5.53. The second kappa shape index (κ2) is 8.20. The van der Waals surface area contributed by atoms with E-state index in [1.54, 1.807) is 0 Å². The first-order valence-electron chi connectivity index (χ1n) is 7.62. The van der Waals surface area contributed by atoms with E-state index in [0.29, 0.717) is 12.1 Å². The average Bonchev–Trinajstić information content (AvgIpc) is 2.63. The molecule has 1 aromatic heterocycles. The number of alkyl halides is 6. The van der Waals surface area contributed by atoms with Crippen LogP contribution >= 0.6 is 0 Å². The van der Waals surface area contributed by atoms with Gasteiger partial charge in [-0.3, -0.25) is 10.4 Å². The molecular formula is C17H12F6N4O2. The minimum atomic E-state index is -5.04. The van der Waals surface area contributed by atoms with Gasteiger partial charge in [0.15, 0.2) is 5.84 Å². The zero-order valence-corrected chi connectivity index (χ0v) is 14.2. The zero-order valence-electron chi connectivity index (χ0n) is 14.2. The number of nitrogens with two attached hydrogens (primary N) is 1. The predicted molar refractivity (Wildman–Crippen MR) is 90.2 cm³/mol. The topological polar surface area (TPSA) is 101 Å². The fourth-order valence-electron chi connectivity index (χ4n) is 2.12. The number of carbonyl (C=O) groups is 1. The number of nitrogens with one attached hydrogen (secondary N) is 1. The standard InChI is InChI=1S/C17H12F6N4O2/c18-16(19,20)11-4-10(5-12(6-11)17(21,22)23)14(24)27-26-8-13(15(28)29)9-2-1-3-25-7-9/h1-8,26H,(H2,24,27)(H,28,29)/b13-8+. The van der Waals surface area contributed by atoms with Crippen LogP contribution in [0.1, 0.15) is 22.3 Å². The second-order valence-corrected chi connectivity index (χ2v) is 5.53. The highest BCUT2D eigenvalue weighted by atomic mass is 19.4. The Morgan fingerprint density at radius 1 is 1.07 bits per heavy atom. The molecule has 0 bridgehead atoms. The first-order chi connectivity index (χ1) is 13.4. The number of pyridine rings is 1. The molecule has 0 saturated carbocycles. The molecule has 0 aliphatic heterocycles. The Balaban J connectivity index is 2.39. The van der Waals surface area contributed by atoms with Gasteiger partial charge >= 0.3 is 18.3 Å². The van der Waals surface area contributed by atoms with Crippen molar-refractivity contribution in [2.24, 2.45) is 10.8 Å². The van der Waals surface area contributed by atoms with E-state index in [9.17, 15) is 36.2 Å². The molecule has 6 nitrogen and oxygen atoms in total. The molecule has 0 atom stereocenters. The van der Waals surface area contributed by atoms with Crippen molar-refractivity contribution in [2.75, 3.05) is 0 Å². The van der Waals surface area contributed by atoms with Gasteiger partial charge in [-0.1, -0.05) is 6.07 Å². The molecule has 0 aliphatic rings. The van der Waals surface area contributed by atoms with Crippen LogP contribution in [0, 0.1) is 0 Å². The van der Waals surface area contributed by atoms with E-state index < -0.39 is 40.8 Å². The molecule has 4 N–H and O–H groups in total. The Morgan fingerprint density at radius 3 is 2.10 bits per heavy atom. The lowest BCUT2D eigenvalue weighted by molar-refractivity contribution is -0.143. The number of nitrogens with zero attached hydrogens (tertiary/aromatic N) is 2. The Hall–Kier alpha value is -3.57. The number of aromatic nitrogens is 1. The highest BCUT2D eigenvalue weighted by Crippen LogP contribution is 2.36. The summed E-state index contributed by atoms with van der Waals surface area (Å²) >= 11 is 0. The summed E-state index contributed by atoms with van der Waals surface area (Å²) in [5, 5.41) is 12.6. The van der Waals surface area contributed by atoms with Crippen LogP contribution in [-0.2, 0) is 17.1 Å². The van der Waals surface area contributed by atoms with Crippen LogP contribution in [0.5, 0.6) is 0 Å². The van der Waals surface area contributed by atoms with Gasteiger partial charge in [0, 0.05) is 29.7 Å². The third-order valence-corrected chi connectivity index (χ3v) is 3.48. The Labute approximate surface area is 159 Å². The quantitative estimate of drug-likeness (QED) is 0.227. The summed E-state index contributed by atoms with van der Waals surface area (Å²) in [5.41, 5.74) is 3.70. The number of benzene rings is 1. The minimum Gasteiger partial charge on any atom is -0.478 e. The maximum atomic E-state index is 12.9. The van der Waals surface area contributed by atoms with E-state index in [2.05, 4.69) is 15.5 Å². The van der Waals surface area contributed by atoms with Crippen LogP contribution in [0.4, 0.5) is 26.3 Å². The highest BCUT2D eigenvalue weighted by Gasteiger charge is 2.37. The summed E-state index contributed by atoms with van der Waals surface area (Å²) in [5.74, 6) is -2.09. The molecule has 0 aliphatic carbocycles. The van der Waals surface area contributed by atoms with Crippen molar-refractivity contribution in [3.8, 4) is 0 Å². The molecule has 0 amide bonds. The van der Waals surface area contributed by atoms with E-state index in [1.165, 1.54) is 24.5 Å². The fourth-order valence-corrected chi connectivity index (χ4v) is 2.12. The third-order valence-electron chi connectivity index (χ3n) is 3.48. The van der Waals surface area contributed by atoms with Crippen molar-refractivity contribution in [3.63, 3.8) is 0 Å². The summed E-state index contributed by atoms with van der Waals surface area (Å²) < 4.78 is 77.3. The van der Waals surface area contributed by atoms with Gasteiger partial charge in [-0.05, 0) is 24.3 Å². The number of hydrogen-bond acceptors (Lipinski definition) is 4. The third kappa shape index (κ3) is 5.70. The highest BCUT2D eigenvalue weighted by molar-refractivity contribution is 6.15. The van der Waals surface area contributed by atoms with Crippen LogP contribution < -0.4 is 11.2 Å². The van der Waals surface area contributed by atoms with Gasteiger partial charge in [0.1, 0.15) is 0 Å². The van der Waals surface area contributed by atoms with Gasteiger partial charge in [-0.15, -0.1) is 0 Å². The number of carboxylic acids is 1. The smallest absolute Gasteiger partial charge is 0.416 e. The number of rotatable bonds is 5. The van der Waals surface area contributed by atoms with Gasteiger partial charge in [-0.25, -0.2) is 4.79 Å². The molecule has 0 fully saturated rings. The Morgan fingerprint density at radius 2 is 1.66 bits per heavy atom. The van der Waals surface area contributed by atoms with Crippen LogP contribution in [0.3, 0.4) is 0 Å². The van der Waals surface area contributed by atoms with E-state index in [-0.39, 0.29) is 17.2 Å². The Kier molecular flexibility index (Phi) is 6.15. The summed E-state index contributed by atoms with van der Waals surface area (Å²) in [6, 6.07) is 3.64. The summed E-state index contributed by atoms with van der Waals surface area (Å²) in [6.07, 6.45) is -6.58. The van der Waals surface area contributed by atoms with Gasteiger partial charge < -0.3 is 10.8 Å². The molecule has 154 valence electrons. The van der Waals surface area contributed by atoms with Gasteiger partial charge in [-0.2, -0.15) is 31.4 Å². The maximum Gasteiger partial charge on any atom is 0.416 e. The number of hydrazone groups is 1. The van der Waals surface area contributed by atoms with Crippen molar-refractivity contribution in [1.29, 1.82) is 0 Å². The van der Waals surface area contributed by atoms with Crippen molar-refractivity contribution >= 4 is 17.4 Å². The number of aliphatic carboxylic acids is 1. The minimum absolute atomic E-state index is 0.0466. The van der Waals surface area contributed by atoms with E-state index >= 15 is 0 Å². The molecule has 12 heteroatoms. The lowest BCUT2D eigenvalue weighted by atomic mass is 10.0. The molecule has 1 heterocycles. The Bertz CT molecular complexity index is 920. The van der Waals surface area contributed by atoms with Crippen molar-refractivity contribution in [1.82, 2.24) is 10.4 Å². The molecule has 2 rings (SSSR count). The van der Waals surface area contributed by atoms with E-state index in [4.69, 9.17) is 5.73 Å². The largest absolute Gasteiger partial charge is 0.478 e. The zero-order chi connectivity index (χ0) is 21.8. The molecule has 29 heavy (non-hydrogen) atoms. The number of amidine groups is 1. The maximum absolute atomic E-state index is 12.9. The number of hydrogen-bond donors (Lipinski definition) is 3. The average molecular weight is 418 g/mol. The van der Waals surface area contributed by atoms with Gasteiger partial charge in [0.25, 0.3) is 0 Å². The molecule has 0 saturated heterocycles. The molecular weight excluding hydrogens is 406 g/mol. The molecule has 1 aromatic carbocycles. The van der Waals surface area contributed by atoms with Crippen molar-refractivity contribution in [2.45, 2.75) is 12.4 Å². The molecule has 0 spiro atoms. The lowest BCUT2D eigenvalue weighted by Gasteiger charge is -2.14. The van der Waals surface area contributed by atoms with Crippen LogP contribution in [0.25, 0.3) is 5.57 Å². The number of halogens is 6. The number of carboxylic acid groups (broad SMARTS) is 1. The molecule has 2 aromatic rings. The summed E-state index contributed by atoms with van der Waals surface area (Å²) in [7, 11) is 0. The van der Waals surface area contributed by atoms with Crippen LogP contribution in [0.2, 0.25) is 0 Å². The SMILES string of the molecule is N/C(=N\N/C=C(/C(=O)O)c1cccnc1)c1cc(C(F)(F)F)cc(C(F)(F)F)c1. The molecule has 0 unspecified atom stereocenters. The van der Waals surface area contributed by atoms with Gasteiger partial charge in [0.05, 0.1) is 16.7 Å². The van der Waals surface area contributed by atoms with Crippen LogP contribution in [0.15, 0.2) is 54.0 Å². The van der Waals surface area contributed by atoms with Crippen LogP contribution in [-0.4, -0.2) is 21.9 Å². The monoisotopic (exact) mass is 418 g/mol. The van der Waals surface area contributed by atoms with Crippen molar-refractivity contribution < 1.29 is 36.2 Å². The van der Waals surface area contributed by atoms with E-state index in [0.717, 1.165) is 6.20 Å². The molecule has 0 radical (unpaired) electrons. The van der Waals surface area contributed by atoms with Gasteiger partial charge in [0.2, 0.25) is 0 Å². The normalized spacial score (nSPS) is 13.3. The fraction of sp³-hybridized carbons (Fsp3) is 0.118. The first-order valence-corrected chi connectivity index (χ1v) is 7.62. The summed E-state index contributed by atoms with van der Waals surface area (Å²) in [4.78, 5) is 15.0. The first kappa shape index (κ1) is 21.7. The predicted octanol–water partition coefficient (Wildman–Crippen LogP) is 3.45. The summed E-state index contributed by atoms with van der Waals surface area (Å²) in [6.45, 7) is 0. The van der Waals surface area contributed by atoms with E-state index in [1.807, 2.05) is 0 Å². The van der Waals surface area contributed by atoms with Crippen molar-refractivity contribution in [3.05, 3.63) is 71.2 Å².